The van der Waals surface area contributed by atoms with Crippen LogP contribution in [0.4, 0.5) is 0 Å². The maximum atomic E-state index is 12.5. The lowest BCUT2D eigenvalue weighted by Gasteiger charge is -2.41. The molecule has 0 bridgehead atoms. The van der Waals surface area contributed by atoms with Crippen molar-refractivity contribution in [2.24, 2.45) is 11.8 Å². The Balaban J connectivity index is 1.74. The highest BCUT2D eigenvalue weighted by Crippen LogP contribution is 2.31. The van der Waals surface area contributed by atoms with E-state index in [0.717, 1.165) is 12.8 Å². The van der Waals surface area contributed by atoms with E-state index in [9.17, 15) is 4.79 Å². The van der Waals surface area contributed by atoms with E-state index in [1.165, 1.54) is 44.9 Å². The van der Waals surface area contributed by atoms with Crippen molar-refractivity contribution in [3.05, 3.63) is 12.2 Å². The first-order valence-electron chi connectivity index (χ1n) is 8.68. The molecule has 1 saturated heterocycles. The number of fused-ring (bicyclic) bond motifs is 1. The molecule has 0 saturated carbocycles. The van der Waals surface area contributed by atoms with E-state index in [4.69, 9.17) is 0 Å². The van der Waals surface area contributed by atoms with Gasteiger partial charge >= 0.3 is 0 Å². The predicted octanol–water partition coefficient (Wildman–Crippen LogP) is 4.25. The van der Waals surface area contributed by atoms with Crippen LogP contribution in [0, 0.1) is 11.8 Å². The third kappa shape index (κ3) is 3.94. The molecule has 2 aliphatic rings. The number of carbonyl (C=O) groups is 1. The summed E-state index contributed by atoms with van der Waals surface area (Å²) < 4.78 is 0. The summed E-state index contributed by atoms with van der Waals surface area (Å²) in [6, 6.07) is 0.829. The van der Waals surface area contributed by atoms with Gasteiger partial charge in [0.25, 0.3) is 0 Å². The lowest BCUT2D eigenvalue weighted by molar-refractivity contribution is -0.131. The molecule has 1 N–H and O–H groups in total. The van der Waals surface area contributed by atoms with Crippen molar-refractivity contribution in [2.45, 2.75) is 83.7 Å². The molecule has 1 fully saturated rings. The molecule has 1 aliphatic carbocycles. The molecule has 4 atom stereocenters. The van der Waals surface area contributed by atoms with Crippen molar-refractivity contribution in [2.75, 3.05) is 0 Å². The normalized spacial score (nSPS) is 33.2. The SMILES string of the molecule is CCCCCCCCC1NC2CC=CCC2C(=O)C1C. The van der Waals surface area contributed by atoms with Gasteiger partial charge in [-0.3, -0.25) is 4.79 Å². The Morgan fingerprint density at radius 2 is 1.80 bits per heavy atom. The monoisotopic (exact) mass is 277 g/mol. The summed E-state index contributed by atoms with van der Waals surface area (Å²) >= 11 is 0. The van der Waals surface area contributed by atoms with Crippen molar-refractivity contribution in [1.29, 1.82) is 0 Å². The van der Waals surface area contributed by atoms with E-state index in [2.05, 4.69) is 31.3 Å². The smallest absolute Gasteiger partial charge is 0.142 e. The number of unbranched alkanes of at least 4 members (excludes halogenated alkanes) is 5. The lowest BCUT2D eigenvalue weighted by atomic mass is 9.74. The number of hydrogen-bond acceptors (Lipinski definition) is 2. The highest BCUT2D eigenvalue weighted by molar-refractivity contribution is 5.85. The zero-order chi connectivity index (χ0) is 14.4. The van der Waals surface area contributed by atoms with Gasteiger partial charge in [0.2, 0.25) is 0 Å². The average Bonchev–Trinajstić information content (AvgIpc) is 2.47. The van der Waals surface area contributed by atoms with Gasteiger partial charge in [-0.15, -0.1) is 0 Å². The minimum Gasteiger partial charge on any atom is -0.309 e. The van der Waals surface area contributed by atoms with E-state index >= 15 is 0 Å². The van der Waals surface area contributed by atoms with E-state index in [-0.39, 0.29) is 11.8 Å². The maximum Gasteiger partial charge on any atom is 0.142 e. The van der Waals surface area contributed by atoms with Crippen molar-refractivity contribution >= 4 is 5.78 Å². The van der Waals surface area contributed by atoms with E-state index in [1.54, 1.807) is 0 Å². The Bertz CT molecular complexity index is 336. The molecule has 0 amide bonds. The second-order valence-electron chi connectivity index (χ2n) is 6.68. The molecule has 0 aromatic rings. The molecule has 114 valence electrons. The Labute approximate surface area is 124 Å². The topological polar surface area (TPSA) is 29.1 Å². The summed E-state index contributed by atoms with van der Waals surface area (Å²) in [5, 5.41) is 3.77. The molecule has 2 rings (SSSR count). The molecule has 2 nitrogen and oxygen atoms in total. The predicted molar refractivity (Wildman–Crippen MR) is 84.7 cm³/mol. The van der Waals surface area contributed by atoms with Crippen LogP contribution >= 0.6 is 0 Å². The summed E-state index contributed by atoms with van der Waals surface area (Å²) in [4.78, 5) is 12.5. The van der Waals surface area contributed by atoms with Crippen LogP contribution < -0.4 is 5.32 Å². The summed E-state index contributed by atoms with van der Waals surface area (Å²) in [6.07, 6.45) is 15.6. The minimum absolute atomic E-state index is 0.207. The van der Waals surface area contributed by atoms with Gasteiger partial charge in [-0.2, -0.15) is 0 Å². The summed E-state index contributed by atoms with van der Waals surface area (Å²) in [6.45, 7) is 4.39. The molecule has 2 heteroatoms. The van der Waals surface area contributed by atoms with E-state index in [0.29, 0.717) is 17.9 Å². The van der Waals surface area contributed by atoms with Crippen LogP contribution in [0.5, 0.6) is 0 Å². The molecular weight excluding hydrogens is 246 g/mol. The fourth-order valence-corrected chi connectivity index (χ4v) is 3.75. The standard InChI is InChI=1S/C18H31NO/c1-3-4-5-6-7-8-12-16-14(2)18(20)15-11-9-10-13-17(15)19-16/h9-10,14-17,19H,3-8,11-13H2,1-2H3. The number of ketones is 1. The number of Topliss-reactive ketones (excluding diaryl/α,β-unsaturated/α-hetero) is 1. The fourth-order valence-electron chi connectivity index (χ4n) is 3.75. The first-order valence-corrected chi connectivity index (χ1v) is 8.68. The molecule has 20 heavy (non-hydrogen) atoms. The van der Waals surface area contributed by atoms with Gasteiger partial charge in [0.15, 0.2) is 0 Å². The number of carbonyl (C=O) groups excluding carboxylic acids is 1. The quantitative estimate of drug-likeness (QED) is 0.557. The highest BCUT2D eigenvalue weighted by Gasteiger charge is 2.40. The molecule has 1 aliphatic heterocycles. The Kier molecular flexibility index (Phi) is 6.28. The van der Waals surface area contributed by atoms with Crippen LogP contribution in [0.3, 0.4) is 0 Å². The molecular formula is C18H31NO. The van der Waals surface area contributed by atoms with Crippen molar-refractivity contribution < 1.29 is 4.79 Å². The molecule has 4 unspecified atom stereocenters. The van der Waals surface area contributed by atoms with Crippen molar-refractivity contribution in [3.8, 4) is 0 Å². The van der Waals surface area contributed by atoms with Crippen LogP contribution in [-0.4, -0.2) is 17.9 Å². The number of hydrogen-bond donors (Lipinski definition) is 1. The third-order valence-corrected chi connectivity index (χ3v) is 5.15. The van der Waals surface area contributed by atoms with Crippen LogP contribution in [-0.2, 0) is 4.79 Å². The van der Waals surface area contributed by atoms with Gasteiger partial charge in [-0.25, -0.2) is 0 Å². The zero-order valence-electron chi connectivity index (χ0n) is 13.2. The number of piperidine rings is 1. The van der Waals surface area contributed by atoms with Crippen LogP contribution in [0.2, 0.25) is 0 Å². The maximum absolute atomic E-state index is 12.5. The van der Waals surface area contributed by atoms with Gasteiger partial charge in [0.05, 0.1) is 0 Å². The molecule has 0 aromatic heterocycles. The van der Waals surface area contributed by atoms with Gasteiger partial charge in [0, 0.05) is 23.9 Å². The Hall–Kier alpha value is -0.630. The number of allylic oxidation sites excluding steroid dienone is 1. The second-order valence-corrected chi connectivity index (χ2v) is 6.68. The van der Waals surface area contributed by atoms with Crippen LogP contribution in [0.25, 0.3) is 0 Å². The van der Waals surface area contributed by atoms with Gasteiger partial charge < -0.3 is 5.32 Å². The minimum atomic E-state index is 0.207. The van der Waals surface area contributed by atoms with Gasteiger partial charge in [-0.05, 0) is 19.3 Å². The van der Waals surface area contributed by atoms with Crippen LogP contribution in [0.1, 0.15) is 71.6 Å². The average molecular weight is 277 g/mol. The number of nitrogens with one attached hydrogen (secondary N) is 1. The van der Waals surface area contributed by atoms with Crippen molar-refractivity contribution in [3.63, 3.8) is 0 Å². The van der Waals surface area contributed by atoms with Gasteiger partial charge in [0.1, 0.15) is 5.78 Å². The van der Waals surface area contributed by atoms with Crippen LogP contribution in [0.15, 0.2) is 12.2 Å². The zero-order valence-corrected chi connectivity index (χ0v) is 13.2. The van der Waals surface area contributed by atoms with E-state index < -0.39 is 0 Å². The molecule has 0 aromatic carbocycles. The summed E-state index contributed by atoms with van der Waals surface area (Å²) in [5.74, 6) is 0.961. The Morgan fingerprint density at radius 3 is 2.60 bits per heavy atom. The lowest BCUT2D eigenvalue weighted by Crippen LogP contribution is -2.56. The molecule has 1 heterocycles. The first-order chi connectivity index (χ1) is 9.74. The first kappa shape index (κ1) is 15.8. The fraction of sp³-hybridized carbons (Fsp3) is 0.833. The van der Waals surface area contributed by atoms with Crippen molar-refractivity contribution in [1.82, 2.24) is 5.32 Å². The van der Waals surface area contributed by atoms with E-state index in [1.807, 2.05) is 0 Å². The van der Waals surface area contributed by atoms with Gasteiger partial charge in [-0.1, -0.05) is 64.5 Å². The molecule has 0 spiro atoms. The molecule has 0 radical (unpaired) electrons. The second kappa shape index (κ2) is 7.97. The third-order valence-electron chi connectivity index (χ3n) is 5.15. The summed E-state index contributed by atoms with van der Waals surface area (Å²) in [5.41, 5.74) is 0. The Morgan fingerprint density at radius 1 is 1.10 bits per heavy atom. The summed E-state index contributed by atoms with van der Waals surface area (Å²) in [7, 11) is 0. The highest BCUT2D eigenvalue weighted by atomic mass is 16.1. The largest absolute Gasteiger partial charge is 0.309 e. The number of rotatable bonds is 7.